The normalized spacial score (nSPS) is 23.0. The van der Waals surface area contributed by atoms with Crippen molar-refractivity contribution in [1.29, 1.82) is 0 Å². The van der Waals surface area contributed by atoms with Crippen molar-refractivity contribution >= 4 is 40.3 Å². The van der Waals surface area contributed by atoms with E-state index in [2.05, 4.69) is 4.74 Å². The van der Waals surface area contributed by atoms with Gasteiger partial charge in [0.15, 0.2) is 5.75 Å². The Morgan fingerprint density at radius 3 is 2.43 bits per heavy atom. The maximum Gasteiger partial charge on any atom is 0.511 e. The minimum absolute atomic E-state index is 0.00363. The number of fused-ring (bicyclic) bond motifs is 2. The van der Waals surface area contributed by atoms with E-state index in [0.29, 0.717) is 31.8 Å². The number of hydrogen-bond acceptors (Lipinski definition) is 7. The van der Waals surface area contributed by atoms with Gasteiger partial charge in [0.1, 0.15) is 11.4 Å². The summed E-state index contributed by atoms with van der Waals surface area (Å²) in [7, 11) is 0. The smallest absolute Gasteiger partial charge is 0.475 e. The third-order valence-electron chi connectivity index (χ3n) is 6.69. The van der Waals surface area contributed by atoms with Crippen molar-refractivity contribution in [3.8, 4) is 5.75 Å². The summed E-state index contributed by atoms with van der Waals surface area (Å²) in [4.78, 5) is 34.5. The number of carbonyl (C=O) groups is 2. The number of ether oxygens (including phenoxy) is 2. The molecule has 0 bridgehead atoms. The Bertz CT molecular complexity index is 1310. The molecule has 202 valence electrons. The van der Waals surface area contributed by atoms with Crippen molar-refractivity contribution in [3.63, 3.8) is 0 Å². The maximum absolute atomic E-state index is 15.3. The minimum Gasteiger partial charge on any atom is -0.475 e. The first-order chi connectivity index (χ1) is 17.3. The summed E-state index contributed by atoms with van der Waals surface area (Å²) in [6, 6.07) is 1.17. The summed E-state index contributed by atoms with van der Waals surface area (Å²) in [6.07, 6.45) is -2.78. The molecule has 3 fully saturated rings. The van der Waals surface area contributed by atoms with E-state index >= 15 is 4.39 Å². The van der Waals surface area contributed by atoms with Crippen LogP contribution in [-0.2, 0) is 9.53 Å². The zero-order valence-electron chi connectivity index (χ0n) is 19.1. The van der Waals surface area contributed by atoms with Crippen LogP contribution in [0.4, 0.5) is 28.0 Å². The third kappa shape index (κ3) is 5.05. The lowest BCUT2D eigenvalue weighted by Crippen LogP contribution is -2.44. The highest BCUT2D eigenvalue weighted by atomic mass is 35.5. The van der Waals surface area contributed by atoms with Gasteiger partial charge in [-0.15, -0.1) is 0 Å². The van der Waals surface area contributed by atoms with Gasteiger partial charge < -0.3 is 34.9 Å². The van der Waals surface area contributed by atoms with Gasteiger partial charge in [-0.25, -0.2) is 14.0 Å². The van der Waals surface area contributed by atoms with E-state index < -0.39 is 35.1 Å². The number of pyridine rings is 1. The van der Waals surface area contributed by atoms with Crippen LogP contribution in [0.3, 0.4) is 0 Å². The molecule has 0 spiro atoms. The van der Waals surface area contributed by atoms with E-state index in [1.807, 2.05) is 4.90 Å². The number of alkyl halides is 3. The van der Waals surface area contributed by atoms with Crippen molar-refractivity contribution in [3.05, 3.63) is 33.3 Å². The molecule has 3 aliphatic rings. The average molecular weight is 552 g/mol. The first-order valence-corrected chi connectivity index (χ1v) is 11.5. The van der Waals surface area contributed by atoms with E-state index in [1.165, 1.54) is 6.20 Å². The molecule has 10 nitrogen and oxygen atoms in total. The van der Waals surface area contributed by atoms with E-state index in [4.69, 9.17) is 37.1 Å². The van der Waals surface area contributed by atoms with Crippen molar-refractivity contribution in [2.24, 2.45) is 11.7 Å². The highest BCUT2D eigenvalue weighted by molar-refractivity contribution is 6.38. The zero-order chi connectivity index (χ0) is 27.3. The molecular weight excluding hydrogens is 530 g/mol. The number of nitrogens with zero attached hydrogens (tertiary/aromatic N) is 2. The van der Waals surface area contributed by atoms with E-state index in [9.17, 15) is 22.8 Å². The van der Waals surface area contributed by atoms with Gasteiger partial charge in [-0.3, -0.25) is 4.79 Å². The van der Waals surface area contributed by atoms with Crippen LogP contribution in [0.2, 0.25) is 5.02 Å². The quantitative estimate of drug-likeness (QED) is 0.385. The first-order valence-electron chi connectivity index (χ1n) is 11.2. The molecule has 0 radical (unpaired) electrons. The molecule has 1 saturated carbocycles. The summed E-state index contributed by atoms with van der Waals surface area (Å²) in [6.45, 7) is 1.96. The second kappa shape index (κ2) is 9.65. The highest BCUT2D eigenvalue weighted by Crippen LogP contribution is 2.46. The number of carboxylic acid groups (broad SMARTS) is 2. The predicted octanol–water partition coefficient (Wildman–Crippen LogP) is 3.37. The van der Waals surface area contributed by atoms with Crippen molar-refractivity contribution in [2.75, 3.05) is 31.1 Å². The second-order valence-corrected chi connectivity index (χ2v) is 9.41. The number of benzene rings is 1. The molecule has 2 unspecified atom stereocenters. The van der Waals surface area contributed by atoms with Crippen LogP contribution in [0.1, 0.15) is 25.3 Å². The van der Waals surface area contributed by atoms with E-state index in [0.717, 1.165) is 25.3 Å². The topological polar surface area (TPSA) is 144 Å². The molecule has 2 aromatic rings. The van der Waals surface area contributed by atoms with Gasteiger partial charge in [-0.05, 0) is 25.3 Å². The largest absolute Gasteiger partial charge is 0.511 e. The van der Waals surface area contributed by atoms with Crippen molar-refractivity contribution in [2.45, 2.75) is 37.1 Å². The standard InChI is InChI=1S/C20H21ClFN3O5.C2HF3O2/c21-15-16-12(18(26)14(30-19(27)28)7-25(16)11-1-2-11)5-13(22)17(15)24-6-10-3-4-29-20(10,8-23)9-24;3-2(4,5)1(6)7/h5,7,10-11H,1-4,6,8-9,23H2,(H,27,28);(H,6,7). The van der Waals surface area contributed by atoms with Gasteiger partial charge in [0.25, 0.3) is 0 Å². The molecule has 37 heavy (non-hydrogen) atoms. The van der Waals surface area contributed by atoms with Crippen LogP contribution in [0, 0.1) is 11.7 Å². The number of halogens is 5. The third-order valence-corrected chi connectivity index (χ3v) is 7.05. The summed E-state index contributed by atoms with van der Waals surface area (Å²) < 4.78 is 59.3. The number of carboxylic acids is 1. The molecule has 1 aromatic heterocycles. The molecule has 3 heterocycles. The number of hydrogen-bond donors (Lipinski definition) is 3. The summed E-state index contributed by atoms with van der Waals surface area (Å²) in [5, 5.41) is 16.2. The van der Waals surface area contributed by atoms with Gasteiger partial charge in [-0.1, -0.05) is 11.6 Å². The van der Waals surface area contributed by atoms with Crippen LogP contribution in [0.15, 0.2) is 17.1 Å². The van der Waals surface area contributed by atoms with E-state index in [1.54, 1.807) is 4.57 Å². The summed E-state index contributed by atoms with van der Waals surface area (Å²) >= 11 is 6.71. The van der Waals surface area contributed by atoms with Crippen LogP contribution >= 0.6 is 11.6 Å². The van der Waals surface area contributed by atoms with Gasteiger partial charge in [0, 0.05) is 38.2 Å². The fourth-order valence-electron chi connectivity index (χ4n) is 4.84. The van der Waals surface area contributed by atoms with E-state index in [-0.39, 0.29) is 33.8 Å². The Morgan fingerprint density at radius 2 is 1.92 bits per heavy atom. The molecule has 1 aliphatic carbocycles. The molecule has 15 heteroatoms. The minimum atomic E-state index is -5.08. The molecule has 1 aromatic carbocycles. The van der Waals surface area contributed by atoms with Gasteiger partial charge in [0.05, 0.1) is 27.8 Å². The Kier molecular flexibility index (Phi) is 7.03. The predicted molar refractivity (Wildman–Crippen MR) is 122 cm³/mol. The van der Waals surface area contributed by atoms with Gasteiger partial charge in [-0.2, -0.15) is 13.2 Å². The summed E-state index contributed by atoms with van der Waals surface area (Å²) in [5.74, 6) is -3.58. The number of aromatic nitrogens is 1. The Balaban J connectivity index is 0.000000405. The van der Waals surface area contributed by atoms with Crippen LogP contribution in [0.5, 0.6) is 5.75 Å². The van der Waals surface area contributed by atoms with Crippen LogP contribution in [-0.4, -0.2) is 64.9 Å². The molecule has 2 atom stereocenters. The highest BCUT2D eigenvalue weighted by Gasteiger charge is 2.51. The molecular formula is C22H22ClF4N3O7. The number of nitrogens with two attached hydrogens (primary N) is 1. The molecule has 0 amide bonds. The SMILES string of the molecule is NCC12CN(c3c(F)cc4c(=O)c(OC(=O)O)cn(C5CC5)c4c3Cl)CC1CCO2.O=C(O)C(F)(F)F. The monoisotopic (exact) mass is 551 g/mol. The average Bonchev–Trinajstić information content (AvgIpc) is 3.47. The van der Waals surface area contributed by atoms with Crippen molar-refractivity contribution < 1.29 is 46.8 Å². The summed E-state index contributed by atoms with van der Waals surface area (Å²) in [5.41, 5.74) is 5.36. The van der Waals surface area contributed by atoms with Crippen LogP contribution < -0.4 is 20.8 Å². The van der Waals surface area contributed by atoms with Crippen molar-refractivity contribution in [1.82, 2.24) is 4.57 Å². The Morgan fingerprint density at radius 1 is 1.27 bits per heavy atom. The fourth-order valence-corrected chi connectivity index (χ4v) is 5.24. The Hall–Kier alpha value is -3.10. The maximum atomic E-state index is 15.3. The number of rotatable bonds is 4. The van der Waals surface area contributed by atoms with Gasteiger partial charge >= 0.3 is 18.3 Å². The lowest BCUT2D eigenvalue weighted by molar-refractivity contribution is -0.192. The lowest BCUT2D eigenvalue weighted by Gasteiger charge is -2.28. The first kappa shape index (κ1) is 26.9. The second-order valence-electron chi connectivity index (χ2n) is 9.03. The van der Waals surface area contributed by atoms with Gasteiger partial charge in [0.2, 0.25) is 5.43 Å². The zero-order valence-corrected chi connectivity index (χ0v) is 19.8. The molecule has 5 rings (SSSR count). The fraction of sp³-hybridized carbons (Fsp3) is 0.500. The Labute approximate surface area is 211 Å². The van der Waals surface area contributed by atoms with Crippen LogP contribution in [0.25, 0.3) is 10.9 Å². The molecule has 2 aliphatic heterocycles. The number of aliphatic carboxylic acids is 1. The molecule has 2 saturated heterocycles. The number of anilines is 1. The lowest BCUT2D eigenvalue weighted by atomic mass is 9.91. The molecule has 4 N–H and O–H groups in total.